The Morgan fingerprint density at radius 2 is 2.17 bits per heavy atom. The van der Waals surface area contributed by atoms with E-state index in [0.29, 0.717) is 29.9 Å². The molecule has 0 bridgehead atoms. The SMILES string of the molecule is Cn1c(=O)n(CC2CCCC2C(=O)O)c2cc(Nc3ccnc(Cl)c3C#N)ccc21. The summed E-state index contributed by atoms with van der Waals surface area (Å²) in [7, 11) is 1.70. The van der Waals surface area contributed by atoms with E-state index in [1.54, 1.807) is 22.2 Å². The van der Waals surface area contributed by atoms with Crippen molar-refractivity contribution in [3.63, 3.8) is 0 Å². The molecule has 2 atom stereocenters. The van der Waals surface area contributed by atoms with Crippen LogP contribution < -0.4 is 11.0 Å². The van der Waals surface area contributed by atoms with Crippen molar-refractivity contribution in [2.75, 3.05) is 5.32 Å². The van der Waals surface area contributed by atoms with Crippen molar-refractivity contribution in [1.29, 1.82) is 5.26 Å². The second-order valence-electron chi connectivity index (χ2n) is 7.55. The summed E-state index contributed by atoms with van der Waals surface area (Å²) in [5, 5.41) is 22.1. The molecule has 2 aromatic heterocycles. The molecule has 1 saturated carbocycles. The molecule has 0 radical (unpaired) electrons. The highest BCUT2D eigenvalue weighted by molar-refractivity contribution is 6.31. The van der Waals surface area contributed by atoms with Crippen LogP contribution in [0.3, 0.4) is 0 Å². The predicted octanol–water partition coefficient (Wildman–Crippen LogP) is 3.50. The van der Waals surface area contributed by atoms with E-state index in [4.69, 9.17) is 11.6 Å². The number of hydrogen-bond donors (Lipinski definition) is 2. The van der Waals surface area contributed by atoms with Gasteiger partial charge in [-0.05, 0) is 43.0 Å². The highest BCUT2D eigenvalue weighted by atomic mass is 35.5. The number of carboxylic acids is 1. The van der Waals surface area contributed by atoms with E-state index in [1.165, 1.54) is 6.20 Å². The van der Waals surface area contributed by atoms with Gasteiger partial charge < -0.3 is 10.4 Å². The van der Waals surface area contributed by atoms with Crippen LogP contribution in [0.1, 0.15) is 24.8 Å². The molecule has 0 saturated heterocycles. The molecule has 0 amide bonds. The van der Waals surface area contributed by atoms with E-state index in [9.17, 15) is 20.0 Å². The quantitative estimate of drug-likeness (QED) is 0.605. The topological polar surface area (TPSA) is 113 Å². The predicted molar refractivity (Wildman–Crippen MR) is 113 cm³/mol. The third-order valence-corrected chi connectivity index (χ3v) is 6.12. The summed E-state index contributed by atoms with van der Waals surface area (Å²) in [5.41, 5.74) is 2.72. The first-order valence-corrected chi connectivity index (χ1v) is 10.0. The molecule has 1 aliphatic carbocycles. The van der Waals surface area contributed by atoms with Crippen molar-refractivity contribution >= 4 is 40.0 Å². The summed E-state index contributed by atoms with van der Waals surface area (Å²) in [6.07, 6.45) is 3.80. The first-order chi connectivity index (χ1) is 14.4. The Labute approximate surface area is 177 Å². The summed E-state index contributed by atoms with van der Waals surface area (Å²) in [6, 6.07) is 9.17. The fourth-order valence-electron chi connectivity index (χ4n) is 4.28. The zero-order valence-corrected chi connectivity index (χ0v) is 17.1. The van der Waals surface area contributed by atoms with Gasteiger partial charge >= 0.3 is 11.7 Å². The fourth-order valence-corrected chi connectivity index (χ4v) is 4.48. The van der Waals surface area contributed by atoms with E-state index in [2.05, 4.69) is 10.3 Å². The third-order valence-electron chi connectivity index (χ3n) is 5.83. The van der Waals surface area contributed by atoms with Gasteiger partial charge in [-0.3, -0.25) is 13.9 Å². The summed E-state index contributed by atoms with van der Waals surface area (Å²) in [6.45, 7) is 0.362. The molecule has 1 aromatic carbocycles. The number of anilines is 2. The minimum Gasteiger partial charge on any atom is -0.481 e. The Morgan fingerprint density at radius 3 is 2.90 bits per heavy atom. The number of carbonyl (C=O) groups is 1. The van der Waals surface area contributed by atoms with Crippen molar-refractivity contribution in [3.8, 4) is 6.07 Å². The lowest BCUT2D eigenvalue weighted by Crippen LogP contribution is -2.29. The monoisotopic (exact) mass is 425 g/mol. The maximum Gasteiger partial charge on any atom is 0.328 e. The Balaban J connectivity index is 1.73. The van der Waals surface area contributed by atoms with Crippen molar-refractivity contribution in [2.24, 2.45) is 18.9 Å². The normalized spacial score (nSPS) is 18.4. The van der Waals surface area contributed by atoms with Gasteiger partial charge in [-0.2, -0.15) is 5.26 Å². The van der Waals surface area contributed by atoms with Gasteiger partial charge in [0.2, 0.25) is 0 Å². The first-order valence-electron chi connectivity index (χ1n) is 9.64. The fraction of sp³-hybridized carbons (Fsp3) is 0.333. The number of benzene rings is 1. The number of hydrogen-bond acceptors (Lipinski definition) is 5. The Morgan fingerprint density at radius 1 is 1.37 bits per heavy atom. The van der Waals surface area contributed by atoms with Crippen LogP contribution in [0.15, 0.2) is 35.3 Å². The molecule has 0 spiro atoms. The maximum atomic E-state index is 12.9. The number of carboxylic acid groups (broad SMARTS) is 1. The number of aliphatic carboxylic acids is 1. The van der Waals surface area contributed by atoms with Gasteiger partial charge in [-0.15, -0.1) is 0 Å². The molecule has 0 aliphatic heterocycles. The first kappa shape index (κ1) is 20.0. The minimum absolute atomic E-state index is 0.0772. The van der Waals surface area contributed by atoms with Crippen LogP contribution >= 0.6 is 11.6 Å². The number of nitriles is 1. The van der Waals surface area contributed by atoms with Gasteiger partial charge in [0.1, 0.15) is 16.8 Å². The molecule has 30 heavy (non-hydrogen) atoms. The van der Waals surface area contributed by atoms with E-state index in [-0.39, 0.29) is 22.3 Å². The number of halogens is 1. The number of nitrogens with zero attached hydrogens (tertiary/aromatic N) is 4. The van der Waals surface area contributed by atoms with Crippen LogP contribution in [0, 0.1) is 23.2 Å². The van der Waals surface area contributed by atoms with Crippen LogP contribution in [0.2, 0.25) is 5.15 Å². The molecule has 8 nitrogen and oxygen atoms in total. The van der Waals surface area contributed by atoms with Gasteiger partial charge in [0.25, 0.3) is 0 Å². The number of fused-ring (bicyclic) bond motifs is 1. The van der Waals surface area contributed by atoms with Gasteiger partial charge in [-0.25, -0.2) is 9.78 Å². The molecule has 1 fully saturated rings. The third kappa shape index (κ3) is 3.42. The minimum atomic E-state index is -0.799. The molecule has 9 heteroatoms. The number of pyridine rings is 1. The van der Waals surface area contributed by atoms with Gasteiger partial charge in [0.05, 0.1) is 22.6 Å². The molecule has 2 unspecified atom stereocenters. The largest absolute Gasteiger partial charge is 0.481 e. The Hall–Kier alpha value is -3.31. The highest BCUT2D eigenvalue weighted by Crippen LogP contribution is 2.34. The number of nitrogens with one attached hydrogen (secondary N) is 1. The lowest BCUT2D eigenvalue weighted by Gasteiger charge is -2.16. The van der Waals surface area contributed by atoms with Gasteiger partial charge in [-0.1, -0.05) is 18.0 Å². The molecular weight excluding hydrogens is 406 g/mol. The Kier molecular flexibility index (Phi) is 5.22. The van der Waals surface area contributed by atoms with Crippen molar-refractivity contribution in [2.45, 2.75) is 25.8 Å². The lowest BCUT2D eigenvalue weighted by atomic mass is 9.96. The zero-order chi connectivity index (χ0) is 21.4. The molecule has 3 aromatic rings. The van der Waals surface area contributed by atoms with E-state index in [1.807, 2.05) is 24.3 Å². The molecule has 154 valence electrons. The molecule has 1 aliphatic rings. The maximum absolute atomic E-state index is 12.9. The molecule has 2 heterocycles. The standard InChI is InChI=1S/C21H20ClN5O3/c1-26-17-6-5-13(25-16-7-8-24-19(22)15(16)10-23)9-18(17)27(21(26)30)11-12-3-2-4-14(12)20(28)29/h5-9,12,14H,2-4,11H2,1H3,(H,24,25)(H,28,29). The summed E-state index contributed by atoms with van der Waals surface area (Å²) in [5.74, 6) is -1.30. The lowest BCUT2D eigenvalue weighted by molar-refractivity contribution is -0.143. The van der Waals surface area contributed by atoms with Crippen LogP contribution in [0.4, 0.5) is 11.4 Å². The van der Waals surface area contributed by atoms with Crippen LogP contribution in [-0.4, -0.2) is 25.2 Å². The molecule has 4 rings (SSSR count). The van der Waals surface area contributed by atoms with Crippen LogP contribution in [0.25, 0.3) is 11.0 Å². The average molecular weight is 426 g/mol. The smallest absolute Gasteiger partial charge is 0.328 e. The van der Waals surface area contributed by atoms with Gasteiger partial charge in [0, 0.05) is 25.5 Å². The van der Waals surface area contributed by atoms with Gasteiger partial charge in [0.15, 0.2) is 0 Å². The number of aromatic nitrogens is 3. The number of aryl methyl sites for hydroxylation is 1. The Bertz CT molecular complexity index is 1240. The van der Waals surface area contributed by atoms with Crippen molar-refractivity contribution in [1.82, 2.24) is 14.1 Å². The summed E-state index contributed by atoms with van der Waals surface area (Å²) in [4.78, 5) is 28.3. The van der Waals surface area contributed by atoms with Crippen LogP contribution in [-0.2, 0) is 18.4 Å². The van der Waals surface area contributed by atoms with Crippen molar-refractivity contribution < 1.29 is 9.90 Å². The second kappa shape index (κ2) is 7.84. The molecule has 2 N–H and O–H groups in total. The highest BCUT2D eigenvalue weighted by Gasteiger charge is 2.33. The van der Waals surface area contributed by atoms with Crippen molar-refractivity contribution in [3.05, 3.63) is 51.7 Å². The number of rotatable bonds is 5. The van der Waals surface area contributed by atoms with E-state index >= 15 is 0 Å². The zero-order valence-electron chi connectivity index (χ0n) is 16.3. The summed E-state index contributed by atoms with van der Waals surface area (Å²) >= 11 is 6.00. The summed E-state index contributed by atoms with van der Waals surface area (Å²) < 4.78 is 3.21. The van der Waals surface area contributed by atoms with E-state index < -0.39 is 11.9 Å². The second-order valence-corrected chi connectivity index (χ2v) is 7.91. The average Bonchev–Trinajstić information content (AvgIpc) is 3.28. The number of imidazole rings is 1. The molecular formula is C21H20ClN5O3. The van der Waals surface area contributed by atoms with E-state index in [0.717, 1.165) is 18.4 Å². The van der Waals surface area contributed by atoms with Crippen LogP contribution in [0.5, 0.6) is 0 Å².